The molecule has 0 fully saturated rings. The second-order valence-corrected chi connectivity index (χ2v) is 5.49. The van der Waals surface area contributed by atoms with Crippen molar-refractivity contribution in [2.75, 3.05) is 6.61 Å². The quantitative estimate of drug-likeness (QED) is 0.675. The standard InChI is InChI=1S/C12H22O3/c1-7-12(5,6)10(14)15-8-9(13)11(2,3)4/h7-8H2,1-6H3. The summed E-state index contributed by atoms with van der Waals surface area (Å²) >= 11 is 0. The average Bonchev–Trinajstić information content (AvgIpc) is 2.11. The second kappa shape index (κ2) is 4.77. The van der Waals surface area contributed by atoms with Crippen LogP contribution in [-0.4, -0.2) is 18.4 Å². The molecule has 0 heterocycles. The van der Waals surface area contributed by atoms with Gasteiger partial charge in [0, 0.05) is 5.41 Å². The van der Waals surface area contributed by atoms with Crippen LogP contribution in [-0.2, 0) is 14.3 Å². The zero-order valence-electron chi connectivity index (χ0n) is 10.6. The fourth-order valence-electron chi connectivity index (χ4n) is 0.687. The van der Waals surface area contributed by atoms with Crippen molar-refractivity contribution in [2.45, 2.75) is 48.0 Å². The molecule has 0 aliphatic carbocycles. The Bertz CT molecular complexity index is 246. The summed E-state index contributed by atoms with van der Waals surface area (Å²) in [5.41, 5.74) is -0.950. The van der Waals surface area contributed by atoms with Gasteiger partial charge in [0.2, 0.25) is 0 Å². The van der Waals surface area contributed by atoms with E-state index in [1.807, 2.05) is 41.5 Å². The van der Waals surface area contributed by atoms with E-state index in [2.05, 4.69) is 0 Å². The van der Waals surface area contributed by atoms with Crippen molar-refractivity contribution >= 4 is 11.8 Å². The van der Waals surface area contributed by atoms with Gasteiger partial charge in [-0.3, -0.25) is 9.59 Å². The van der Waals surface area contributed by atoms with E-state index in [0.717, 1.165) is 0 Å². The van der Waals surface area contributed by atoms with Crippen LogP contribution in [0, 0.1) is 10.8 Å². The van der Waals surface area contributed by atoms with Gasteiger partial charge in [-0.2, -0.15) is 0 Å². The fraction of sp³-hybridized carbons (Fsp3) is 0.833. The van der Waals surface area contributed by atoms with E-state index in [0.29, 0.717) is 6.42 Å². The molecule has 0 aliphatic heterocycles. The van der Waals surface area contributed by atoms with Crippen LogP contribution < -0.4 is 0 Å². The Morgan fingerprint density at radius 1 is 1.07 bits per heavy atom. The zero-order chi connectivity index (χ0) is 12.3. The van der Waals surface area contributed by atoms with Gasteiger partial charge in [0.1, 0.15) is 0 Å². The number of esters is 1. The highest BCUT2D eigenvalue weighted by atomic mass is 16.5. The molecule has 0 radical (unpaired) electrons. The number of carbonyl (C=O) groups excluding carboxylic acids is 2. The van der Waals surface area contributed by atoms with Crippen LogP contribution in [0.5, 0.6) is 0 Å². The smallest absolute Gasteiger partial charge is 0.311 e. The molecule has 0 rings (SSSR count). The molecule has 0 N–H and O–H groups in total. The lowest BCUT2D eigenvalue weighted by Crippen LogP contribution is -2.31. The Morgan fingerprint density at radius 3 is 1.87 bits per heavy atom. The second-order valence-electron chi connectivity index (χ2n) is 5.49. The van der Waals surface area contributed by atoms with Gasteiger partial charge in [-0.05, 0) is 20.3 Å². The third-order valence-corrected chi connectivity index (χ3v) is 2.61. The highest BCUT2D eigenvalue weighted by Gasteiger charge is 2.29. The zero-order valence-corrected chi connectivity index (χ0v) is 10.6. The maximum absolute atomic E-state index is 11.6. The first-order valence-electron chi connectivity index (χ1n) is 5.32. The minimum absolute atomic E-state index is 0.0530. The van der Waals surface area contributed by atoms with Crippen LogP contribution in [0.3, 0.4) is 0 Å². The largest absolute Gasteiger partial charge is 0.457 e. The van der Waals surface area contributed by atoms with Crippen molar-refractivity contribution in [2.24, 2.45) is 10.8 Å². The number of rotatable bonds is 4. The van der Waals surface area contributed by atoms with Gasteiger partial charge in [0.15, 0.2) is 12.4 Å². The van der Waals surface area contributed by atoms with Gasteiger partial charge in [0.25, 0.3) is 0 Å². The minimum atomic E-state index is -0.502. The van der Waals surface area contributed by atoms with E-state index in [9.17, 15) is 9.59 Å². The summed E-state index contributed by atoms with van der Waals surface area (Å²) in [6.45, 7) is 10.9. The van der Waals surface area contributed by atoms with Crippen LogP contribution in [0.25, 0.3) is 0 Å². The van der Waals surface area contributed by atoms with Crippen molar-refractivity contribution < 1.29 is 14.3 Å². The first-order chi connectivity index (χ1) is 6.61. The summed E-state index contributed by atoms with van der Waals surface area (Å²) in [6.07, 6.45) is 0.704. The summed E-state index contributed by atoms with van der Waals surface area (Å²) in [5.74, 6) is -0.356. The molecule has 0 spiro atoms. The van der Waals surface area contributed by atoms with Crippen LogP contribution in [0.2, 0.25) is 0 Å². The number of ether oxygens (including phenoxy) is 1. The first-order valence-corrected chi connectivity index (χ1v) is 5.32. The molecule has 0 saturated heterocycles. The lowest BCUT2D eigenvalue weighted by molar-refractivity contribution is -0.158. The molecule has 0 amide bonds. The predicted molar refractivity (Wildman–Crippen MR) is 59.5 cm³/mol. The summed E-state index contributed by atoms with van der Waals surface area (Å²) in [6, 6.07) is 0. The number of hydrogen-bond donors (Lipinski definition) is 0. The van der Waals surface area contributed by atoms with Gasteiger partial charge in [0.05, 0.1) is 5.41 Å². The third-order valence-electron chi connectivity index (χ3n) is 2.61. The Balaban J connectivity index is 4.20. The van der Waals surface area contributed by atoms with Crippen LogP contribution >= 0.6 is 0 Å². The maximum Gasteiger partial charge on any atom is 0.311 e. The van der Waals surface area contributed by atoms with Crippen molar-refractivity contribution in [1.82, 2.24) is 0 Å². The first kappa shape index (κ1) is 14.1. The molecule has 15 heavy (non-hydrogen) atoms. The average molecular weight is 214 g/mol. The van der Waals surface area contributed by atoms with Crippen LogP contribution in [0.15, 0.2) is 0 Å². The topological polar surface area (TPSA) is 43.4 Å². The fourth-order valence-corrected chi connectivity index (χ4v) is 0.687. The number of Topliss-reactive ketones (excluding diaryl/α,β-unsaturated/α-hetero) is 1. The molecule has 0 aromatic carbocycles. The Kier molecular flexibility index (Phi) is 4.50. The van der Waals surface area contributed by atoms with Crippen molar-refractivity contribution in [3.05, 3.63) is 0 Å². The molecule has 88 valence electrons. The van der Waals surface area contributed by atoms with Crippen molar-refractivity contribution in [3.63, 3.8) is 0 Å². The summed E-state index contributed by atoms with van der Waals surface area (Å²) in [4.78, 5) is 23.1. The molecule has 0 aliphatic rings. The molecule has 0 saturated carbocycles. The molecule has 0 aromatic rings. The third kappa shape index (κ3) is 4.45. The number of ketones is 1. The highest BCUT2D eigenvalue weighted by molar-refractivity contribution is 5.87. The van der Waals surface area contributed by atoms with Crippen molar-refractivity contribution in [1.29, 1.82) is 0 Å². The maximum atomic E-state index is 11.6. The summed E-state index contributed by atoms with van der Waals surface area (Å²) < 4.78 is 5.00. The van der Waals surface area contributed by atoms with Gasteiger partial charge in [-0.25, -0.2) is 0 Å². The molecule has 0 bridgehead atoms. The lowest BCUT2D eigenvalue weighted by Gasteiger charge is -2.22. The van der Waals surface area contributed by atoms with Gasteiger partial charge in [-0.15, -0.1) is 0 Å². The molecule has 0 unspecified atom stereocenters. The van der Waals surface area contributed by atoms with E-state index in [1.54, 1.807) is 0 Å². The molecular formula is C12H22O3. The Hall–Kier alpha value is -0.860. The van der Waals surface area contributed by atoms with E-state index in [1.165, 1.54) is 0 Å². The molecule has 0 aromatic heterocycles. The SMILES string of the molecule is CCC(C)(C)C(=O)OCC(=O)C(C)(C)C. The number of hydrogen-bond acceptors (Lipinski definition) is 3. The number of carbonyl (C=O) groups is 2. The van der Waals surface area contributed by atoms with E-state index in [4.69, 9.17) is 4.74 Å². The van der Waals surface area contributed by atoms with E-state index in [-0.39, 0.29) is 18.4 Å². The van der Waals surface area contributed by atoms with Crippen molar-refractivity contribution in [3.8, 4) is 0 Å². The lowest BCUT2D eigenvalue weighted by atomic mass is 9.90. The Morgan fingerprint density at radius 2 is 1.53 bits per heavy atom. The van der Waals surface area contributed by atoms with Crippen LogP contribution in [0.4, 0.5) is 0 Å². The van der Waals surface area contributed by atoms with Gasteiger partial charge < -0.3 is 4.74 Å². The van der Waals surface area contributed by atoms with E-state index >= 15 is 0 Å². The monoisotopic (exact) mass is 214 g/mol. The highest BCUT2D eigenvalue weighted by Crippen LogP contribution is 2.22. The molecule has 3 nitrogen and oxygen atoms in total. The van der Waals surface area contributed by atoms with E-state index < -0.39 is 10.8 Å². The summed E-state index contributed by atoms with van der Waals surface area (Å²) in [5, 5.41) is 0. The predicted octanol–water partition coefficient (Wildman–Crippen LogP) is 2.58. The molecule has 3 heteroatoms. The van der Waals surface area contributed by atoms with Crippen LogP contribution in [0.1, 0.15) is 48.0 Å². The molecular weight excluding hydrogens is 192 g/mol. The van der Waals surface area contributed by atoms with Gasteiger partial charge in [-0.1, -0.05) is 27.7 Å². The normalized spacial score (nSPS) is 12.4. The Labute approximate surface area is 92.2 Å². The summed E-state index contributed by atoms with van der Waals surface area (Å²) in [7, 11) is 0. The van der Waals surface area contributed by atoms with Gasteiger partial charge >= 0.3 is 5.97 Å². The minimum Gasteiger partial charge on any atom is -0.457 e. The molecule has 0 atom stereocenters.